The first kappa shape index (κ1) is 12.1. The molecule has 1 aromatic rings. The van der Waals surface area contributed by atoms with E-state index in [4.69, 9.17) is 4.74 Å². The van der Waals surface area contributed by atoms with Crippen molar-refractivity contribution in [2.45, 2.75) is 49.8 Å². The summed E-state index contributed by atoms with van der Waals surface area (Å²) >= 11 is 0. The summed E-state index contributed by atoms with van der Waals surface area (Å²) in [6.45, 7) is 0. The molecule has 0 amide bonds. The molecule has 2 aliphatic carbocycles. The van der Waals surface area contributed by atoms with E-state index in [0.717, 1.165) is 12.8 Å². The van der Waals surface area contributed by atoms with Crippen molar-refractivity contribution in [3.05, 3.63) is 35.6 Å². The van der Waals surface area contributed by atoms with E-state index in [9.17, 15) is 4.39 Å². The normalized spacial score (nSPS) is 34.8. The standard InChI is InChI=1S/C15H20FNO/c1-18-15-8-14(9-15)17-13-6-11(7-13)10-2-4-12(16)5-3-10/h2-5,11,13-15,17H,6-9H2,1H3. The Hall–Kier alpha value is -0.930. The quantitative estimate of drug-likeness (QED) is 0.886. The molecule has 0 unspecified atom stereocenters. The van der Waals surface area contributed by atoms with E-state index < -0.39 is 0 Å². The Balaban J connectivity index is 1.42. The summed E-state index contributed by atoms with van der Waals surface area (Å²) in [5.41, 5.74) is 1.28. The highest BCUT2D eigenvalue weighted by atomic mass is 19.1. The van der Waals surface area contributed by atoms with Gasteiger partial charge in [-0.05, 0) is 49.3 Å². The van der Waals surface area contributed by atoms with Crippen LogP contribution in [0.5, 0.6) is 0 Å². The van der Waals surface area contributed by atoms with Crippen molar-refractivity contribution in [2.24, 2.45) is 0 Å². The van der Waals surface area contributed by atoms with Gasteiger partial charge in [-0.1, -0.05) is 12.1 Å². The van der Waals surface area contributed by atoms with E-state index in [1.165, 1.54) is 18.4 Å². The molecular formula is C15H20FNO. The van der Waals surface area contributed by atoms with Gasteiger partial charge in [0.1, 0.15) is 5.82 Å². The minimum absolute atomic E-state index is 0.146. The molecule has 0 spiro atoms. The fraction of sp³-hybridized carbons (Fsp3) is 0.600. The van der Waals surface area contributed by atoms with Gasteiger partial charge in [-0.25, -0.2) is 4.39 Å². The number of halogens is 1. The largest absolute Gasteiger partial charge is 0.381 e. The molecule has 0 aromatic heterocycles. The second kappa shape index (κ2) is 4.98. The molecule has 1 N–H and O–H groups in total. The highest BCUT2D eigenvalue weighted by molar-refractivity contribution is 5.23. The second-order valence-corrected chi connectivity index (χ2v) is 5.61. The summed E-state index contributed by atoms with van der Waals surface area (Å²) in [5, 5.41) is 3.67. The first-order chi connectivity index (χ1) is 8.74. The van der Waals surface area contributed by atoms with Crippen LogP contribution in [-0.2, 0) is 4.74 Å². The van der Waals surface area contributed by atoms with Crippen LogP contribution in [0.3, 0.4) is 0 Å². The highest BCUT2D eigenvalue weighted by Crippen LogP contribution is 2.38. The molecule has 2 saturated carbocycles. The Morgan fingerprint density at radius 1 is 1.06 bits per heavy atom. The smallest absolute Gasteiger partial charge is 0.123 e. The summed E-state index contributed by atoms with van der Waals surface area (Å²) in [5.74, 6) is 0.467. The fourth-order valence-electron chi connectivity index (χ4n) is 2.99. The van der Waals surface area contributed by atoms with E-state index in [2.05, 4.69) is 5.32 Å². The van der Waals surface area contributed by atoms with Crippen molar-refractivity contribution in [3.63, 3.8) is 0 Å². The van der Waals surface area contributed by atoms with E-state index in [0.29, 0.717) is 24.1 Å². The Bertz CT molecular complexity index is 393. The predicted molar refractivity (Wildman–Crippen MR) is 69.1 cm³/mol. The molecule has 98 valence electrons. The lowest BCUT2D eigenvalue weighted by Gasteiger charge is -2.43. The van der Waals surface area contributed by atoms with Gasteiger partial charge in [0.05, 0.1) is 6.10 Å². The molecule has 0 aliphatic heterocycles. The summed E-state index contributed by atoms with van der Waals surface area (Å²) in [4.78, 5) is 0. The van der Waals surface area contributed by atoms with Gasteiger partial charge < -0.3 is 10.1 Å². The van der Waals surface area contributed by atoms with Crippen molar-refractivity contribution in [1.29, 1.82) is 0 Å². The van der Waals surface area contributed by atoms with Crippen molar-refractivity contribution in [1.82, 2.24) is 5.32 Å². The number of nitrogens with one attached hydrogen (secondary N) is 1. The predicted octanol–water partition coefficient (Wildman–Crippen LogP) is 2.84. The minimum Gasteiger partial charge on any atom is -0.381 e. The highest BCUT2D eigenvalue weighted by Gasteiger charge is 2.36. The summed E-state index contributed by atoms with van der Waals surface area (Å²) < 4.78 is 18.1. The average Bonchev–Trinajstić information content (AvgIpc) is 2.27. The number of rotatable bonds is 4. The summed E-state index contributed by atoms with van der Waals surface area (Å²) in [7, 11) is 1.79. The Morgan fingerprint density at radius 3 is 2.28 bits per heavy atom. The van der Waals surface area contributed by atoms with Crippen LogP contribution in [0, 0.1) is 5.82 Å². The van der Waals surface area contributed by atoms with Gasteiger partial charge in [-0.3, -0.25) is 0 Å². The molecule has 2 fully saturated rings. The Kier molecular flexibility index (Phi) is 3.35. The van der Waals surface area contributed by atoms with Gasteiger partial charge in [0.25, 0.3) is 0 Å². The van der Waals surface area contributed by atoms with Crippen LogP contribution in [0.25, 0.3) is 0 Å². The third kappa shape index (κ3) is 2.43. The van der Waals surface area contributed by atoms with Gasteiger partial charge in [0.2, 0.25) is 0 Å². The van der Waals surface area contributed by atoms with Crippen LogP contribution in [-0.4, -0.2) is 25.3 Å². The molecule has 3 heteroatoms. The summed E-state index contributed by atoms with van der Waals surface area (Å²) in [6.07, 6.45) is 5.12. The lowest BCUT2D eigenvalue weighted by Crippen LogP contribution is -2.52. The number of ether oxygens (including phenoxy) is 1. The SMILES string of the molecule is COC1CC(NC2CC(c3ccc(F)cc3)C2)C1. The van der Waals surface area contributed by atoms with Crippen molar-refractivity contribution >= 4 is 0 Å². The molecule has 2 nitrogen and oxygen atoms in total. The molecule has 1 aromatic carbocycles. The molecular weight excluding hydrogens is 229 g/mol. The lowest BCUT2D eigenvalue weighted by atomic mass is 9.74. The van der Waals surface area contributed by atoms with Crippen molar-refractivity contribution in [3.8, 4) is 0 Å². The van der Waals surface area contributed by atoms with Gasteiger partial charge in [0.15, 0.2) is 0 Å². The zero-order chi connectivity index (χ0) is 12.5. The Morgan fingerprint density at radius 2 is 1.67 bits per heavy atom. The van der Waals surface area contributed by atoms with Gasteiger partial charge >= 0.3 is 0 Å². The molecule has 18 heavy (non-hydrogen) atoms. The van der Waals surface area contributed by atoms with E-state index in [1.807, 2.05) is 12.1 Å². The van der Waals surface area contributed by atoms with E-state index >= 15 is 0 Å². The number of methoxy groups -OCH3 is 1. The fourth-order valence-corrected chi connectivity index (χ4v) is 2.99. The molecule has 0 radical (unpaired) electrons. The molecule has 0 atom stereocenters. The summed E-state index contributed by atoms with van der Waals surface area (Å²) in [6, 6.07) is 8.24. The number of benzene rings is 1. The maximum Gasteiger partial charge on any atom is 0.123 e. The van der Waals surface area contributed by atoms with E-state index in [-0.39, 0.29) is 5.82 Å². The van der Waals surface area contributed by atoms with Crippen LogP contribution < -0.4 is 5.32 Å². The van der Waals surface area contributed by atoms with Crippen LogP contribution in [0.1, 0.15) is 37.2 Å². The minimum atomic E-state index is -0.146. The van der Waals surface area contributed by atoms with Gasteiger partial charge in [0, 0.05) is 19.2 Å². The number of hydrogen-bond acceptors (Lipinski definition) is 2. The van der Waals surface area contributed by atoms with Crippen LogP contribution in [0.2, 0.25) is 0 Å². The molecule has 3 rings (SSSR count). The number of hydrogen-bond donors (Lipinski definition) is 1. The second-order valence-electron chi connectivity index (χ2n) is 5.61. The van der Waals surface area contributed by atoms with Crippen LogP contribution in [0.4, 0.5) is 4.39 Å². The van der Waals surface area contributed by atoms with E-state index in [1.54, 1.807) is 19.2 Å². The molecule has 2 aliphatic rings. The molecule has 0 saturated heterocycles. The van der Waals surface area contributed by atoms with Crippen LogP contribution in [0.15, 0.2) is 24.3 Å². The average molecular weight is 249 g/mol. The molecule has 0 heterocycles. The zero-order valence-corrected chi connectivity index (χ0v) is 10.7. The third-order valence-electron chi connectivity index (χ3n) is 4.38. The lowest BCUT2D eigenvalue weighted by molar-refractivity contribution is 0.00999. The maximum absolute atomic E-state index is 12.8. The maximum atomic E-state index is 12.8. The third-order valence-corrected chi connectivity index (χ3v) is 4.38. The zero-order valence-electron chi connectivity index (χ0n) is 10.7. The monoisotopic (exact) mass is 249 g/mol. The first-order valence-electron chi connectivity index (χ1n) is 6.79. The van der Waals surface area contributed by atoms with Gasteiger partial charge in [-0.2, -0.15) is 0 Å². The van der Waals surface area contributed by atoms with Crippen LogP contribution >= 0.6 is 0 Å². The van der Waals surface area contributed by atoms with Gasteiger partial charge in [-0.15, -0.1) is 0 Å². The topological polar surface area (TPSA) is 21.3 Å². The molecule has 0 bridgehead atoms. The van der Waals surface area contributed by atoms with Crippen molar-refractivity contribution < 1.29 is 9.13 Å². The Labute approximate surface area is 108 Å². The van der Waals surface area contributed by atoms with Crippen molar-refractivity contribution in [2.75, 3.05) is 7.11 Å². The first-order valence-corrected chi connectivity index (χ1v) is 6.79.